The van der Waals surface area contributed by atoms with Gasteiger partial charge in [-0.15, -0.1) is 12.6 Å². The van der Waals surface area contributed by atoms with Gasteiger partial charge in [-0.25, -0.2) is 4.98 Å². The Kier molecular flexibility index (Phi) is 5.95. The summed E-state index contributed by atoms with van der Waals surface area (Å²) in [5.74, 6) is 0.192. The van der Waals surface area contributed by atoms with Gasteiger partial charge in [0.05, 0.1) is 6.33 Å². The molecule has 0 amide bonds. The van der Waals surface area contributed by atoms with Crippen molar-refractivity contribution in [1.29, 1.82) is 0 Å². The van der Waals surface area contributed by atoms with Crippen molar-refractivity contribution in [3.63, 3.8) is 0 Å². The van der Waals surface area contributed by atoms with Gasteiger partial charge in [0, 0.05) is 35.4 Å². The Labute approximate surface area is 158 Å². The van der Waals surface area contributed by atoms with Crippen LogP contribution >= 0.6 is 24.2 Å². The molecule has 25 heavy (non-hydrogen) atoms. The van der Waals surface area contributed by atoms with E-state index < -0.39 is 0 Å². The Hall–Kier alpha value is -2.04. The van der Waals surface area contributed by atoms with Gasteiger partial charge in [0.25, 0.3) is 0 Å². The van der Waals surface area contributed by atoms with Crippen LogP contribution in [0.15, 0.2) is 67.3 Å². The maximum absolute atomic E-state index is 11.9. The minimum Gasteiger partial charge on any atom is -0.337 e. The first kappa shape index (κ1) is 17.8. The number of nitrogens with zero attached hydrogens (tertiary/aromatic N) is 2. The van der Waals surface area contributed by atoms with E-state index in [0.29, 0.717) is 5.56 Å². The predicted octanol–water partition coefficient (Wildman–Crippen LogP) is 5.02. The molecule has 0 saturated heterocycles. The number of hydrogen-bond acceptors (Lipinski definition) is 2. The van der Waals surface area contributed by atoms with Gasteiger partial charge in [-0.3, -0.25) is 4.79 Å². The van der Waals surface area contributed by atoms with Gasteiger partial charge < -0.3 is 4.57 Å². The number of halogens is 1. The zero-order valence-electron chi connectivity index (χ0n) is 13.7. The lowest BCUT2D eigenvalue weighted by atomic mass is 9.89. The van der Waals surface area contributed by atoms with Crippen LogP contribution in [0.1, 0.15) is 33.8 Å². The fourth-order valence-electron chi connectivity index (χ4n) is 3.03. The van der Waals surface area contributed by atoms with Crippen LogP contribution in [0.5, 0.6) is 0 Å². The quantitative estimate of drug-likeness (QED) is 0.592. The molecule has 0 bridgehead atoms. The van der Waals surface area contributed by atoms with E-state index in [1.807, 2.05) is 59.3 Å². The zero-order chi connectivity index (χ0) is 17.6. The standard InChI is InChI=1S/C20H19ClN2OS/c21-17-9-6-15(7-10-17)5-8-16(13-23-12-11-22-14-23)18-3-1-2-4-19(18)20(24)25/h1-4,6-7,9-12,14,16H,5,8,13H2,(H,24,25). The molecule has 3 rings (SSSR count). The molecule has 1 unspecified atom stereocenters. The van der Waals surface area contributed by atoms with Crippen molar-refractivity contribution >= 4 is 29.3 Å². The average Bonchev–Trinajstić information content (AvgIpc) is 3.13. The van der Waals surface area contributed by atoms with E-state index in [2.05, 4.69) is 17.6 Å². The topological polar surface area (TPSA) is 34.9 Å². The first-order chi connectivity index (χ1) is 12.1. The molecule has 0 aliphatic rings. The fourth-order valence-corrected chi connectivity index (χ4v) is 3.36. The minimum absolute atomic E-state index is 0.192. The van der Waals surface area contributed by atoms with Crippen molar-refractivity contribution < 1.29 is 4.79 Å². The summed E-state index contributed by atoms with van der Waals surface area (Å²) < 4.78 is 2.05. The van der Waals surface area contributed by atoms with Crippen LogP contribution < -0.4 is 0 Å². The van der Waals surface area contributed by atoms with Crippen LogP contribution in [0.25, 0.3) is 0 Å². The molecule has 3 nitrogen and oxygen atoms in total. The van der Waals surface area contributed by atoms with Crippen molar-refractivity contribution in [3.8, 4) is 0 Å². The predicted molar refractivity (Wildman–Crippen MR) is 104 cm³/mol. The summed E-state index contributed by atoms with van der Waals surface area (Å²) in [6.07, 6.45) is 7.34. The number of aromatic nitrogens is 2. The van der Waals surface area contributed by atoms with Crippen molar-refractivity contribution in [3.05, 3.63) is 89.0 Å². The minimum atomic E-state index is -0.197. The average molecular weight is 371 g/mol. The summed E-state index contributed by atoms with van der Waals surface area (Å²) in [5.41, 5.74) is 2.94. The van der Waals surface area contributed by atoms with E-state index >= 15 is 0 Å². The van der Waals surface area contributed by atoms with Crippen molar-refractivity contribution in [2.24, 2.45) is 0 Å². The van der Waals surface area contributed by atoms with Crippen molar-refractivity contribution in [1.82, 2.24) is 9.55 Å². The van der Waals surface area contributed by atoms with Crippen molar-refractivity contribution in [2.45, 2.75) is 25.3 Å². The van der Waals surface area contributed by atoms with Gasteiger partial charge in [0.1, 0.15) is 0 Å². The Morgan fingerprint density at radius 1 is 1.16 bits per heavy atom. The van der Waals surface area contributed by atoms with Gasteiger partial charge in [-0.05, 0) is 36.1 Å². The molecule has 1 aromatic heterocycles. The number of benzene rings is 2. The summed E-state index contributed by atoms with van der Waals surface area (Å²) in [4.78, 5) is 16.0. The molecule has 0 fully saturated rings. The summed E-state index contributed by atoms with van der Waals surface area (Å²) in [7, 11) is 0. The third-order valence-corrected chi connectivity index (χ3v) is 4.81. The summed E-state index contributed by atoms with van der Waals surface area (Å²) in [6, 6.07) is 15.6. The van der Waals surface area contributed by atoms with Crippen LogP contribution in [0.3, 0.4) is 0 Å². The van der Waals surface area contributed by atoms with Gasteiger partial charge >= 0.3 is 0 Å². The highest BCUT2D eigenvalue weighted by molar-refractivity contribution is 7.97. The molecule has 0 aliphatic heterocycles. The fraction of sp³-hybridized carbons (Fsp3) is 0.200. The third-order valence-electron chi connectivity index (χ3n) is 4.32. The number of hydrogen-bond donors (Lipinski definition) is 1. The normalized spacial score (nSPS) is 12.1. The molecule has 5 heteroatoms. The van der Waals surface area contributed by atoms with E-state index in [1.54, 1.807) is 12.5 Å². The van der Waals surface area contributed by atoms with E-state index in [0.717, 1.165) is 30.0 Å². The van der Waals surface area contributed by atoms with Crippen molar-refractivity contribution in [2.75, 3.05) is 0 Å². The molecule has 0 aliphatic carbocycles. The largest absolute Gasteiger partial charge is 0.337 e. The summed E-state index contributed by atoms with van der Waals surface area (Å²) in [5, 5.41) is 0.544. The van der Waals surface area contributed by atoms with E-state index in [4.69, 9.17) is 11.6 Å². The van der Waals surface area contributed by atoms with Gasteiger partial charge in [0.2, 0.25) is 5.12 Å². The maximum atomic E-state index is 11.9. The second kappa shape index (κ2) is 8.37. The van der Waals surface area contributed by atoms with E-state index in [1.165, 1.54) is 5.56 Å². The highest BCUT2D eigenvalue weighted by Gasteiger charge is 2.18. The number of carbonyl (C=O) groups is 1. The number of rotatable bonds is 7. The molecule has 0 N–H and O–H groups in total. The monoisotopic (exact) mass is 370 g/mol. The molecule has 3 aromatic rings. The number of carbonyl (C=O) groups excluding carboxylic acids is 1. The Morgan fingerprint density at radius 2 is 1.92 bits per heavy atom. The number of aryl methyl sites for hydroxylation is 1. The SMILES string of the molecule is O=C(S)c1ccccc1C(CCc1ccc(Cl)cc1)Cn1ccnc1. The van der Waals surface area contributed by atoms with Crippen LogP contribution in [-0.2, 0) is 13.0 Å². The molecular weight excluding hydrogens is 352 g/mol. The first-order valence-corrected chi connectivity index (χ1v) is 8.98. The molecule has 0 saturated carbocycles. The number of imidazole rings is 1. The van der Waals surface area contributed by atoms with Gasteiger partial charge in [-0.2, -0.15) is 0 Å². The molecule has 128 valence electrons. The Morgan fingerprint density at radius 3 is 2.60 bits per heavy atom. The second-order valence-electron chi connectivity index (χ2n) is 6.01. The number of thiol groups is 1. The third kappa shape index (κ3) is 4.74. The van der Waals surface area contributed by atoms with Crippen LogP contribution in [-0.4, -0.2) is 14.7 Å². The maximum Gasteiger partial charge on any atom is 0.216 e. The molecule has 0 spiro atoms. The second-order valence-corrected chi connectivity index (χ2v) is 6.86. The van der Waals surface area contributed by atoms with Crippen LogP contribution in [0.4, 0.5) is 0 Å². The van der Waals surface area contributed by atoms with Crippen LogP contribution in [0.2, 0.25) is 5.02 Å². The van der Waals surface area contributed by atoms with Gasteiger partial charge in [0.15, 0.2) is 0 Å². The Balaban J connectivity index is 1.84. The molecule has 1 heterocycles. The lowest BCUT2D eigenvalue weighted by molar-refractivity contribution is 0.109. The highest BCUT2D eigenvalue weighted by atomic mass is 35.5. The molecule has 1 atom stereocenters. The first-order valence-electron chi connectivity index (χ1n) is 8.16. The molecule has 0 radical (unpaired) electrons. The molecule has 2 aromatic carbocycles. The lowest BCUT2D eigenvalue weighted by Crippen LogP contribution is -2.12. The highest BCUT2D eigenvalue weighted by Crippen LogP contribution is 2.28. The Bertz CT molecular complexity index is 831. The van der Waals surface area contributed by atoms with Gasteiger partial charge in [-0.1, -0.05) is 48.0 Å². The van der Waals surface area contributed by atoms with E-state index in [-0.39, 0.29) is 11.0 Å². The summed E-state index contributed by atoms with van der Waals surface area (Å²) >= 11 is 10.0. The zero-order valence-corrected chi connectivity index (χ0v) is 15.3. The smallest absolute Gasteiger partial charge is 0.216 e. The molecular formula is C20H19ClN2OS. The lowest BCUT2D eigenvalue weighted by Gasteiger charge is -2.20. The van der Waals surface area contributed by atoms with E-state index in [9.17, 15) is 4.79 Å². The summed E-state index contributed by atoms with van der Waals surface area (Å²) in [6.45, 7) is 0.770. The van der Waals surface area contributed by atoms with Crippen LogP contribution in [0, 0.1) is 0 Å².